The van der Waals surface area contributed by atoms with Crippen LogP contribution in [0.5, 0.6) is 11.8 Å². The Morgan fingerprint density at radius 2 is 1.67 bits per heavy atom. The lowest BCUT2D eigenvalue weighted by atomic mass is 10.0. The van der Waals surface area contributed by atoms with E-state index in [9.17, 15) is 9.70 Å². The van der Waals surface area contributed by atoms with Crippen molar-refractivity contribution in [2.45, 2.75) is 6.17 Å². The van der Waals surface area contributed by atoms with Gasteiger partial charge in [-0.15, -0.1) is 4.91 Å². The number of ether oxygens (including phenoxy) is 2. The lowest BCUT2D eigenvalue weighted by molar-refractivity contribution is 0.102. The fourth-order valence-corrected chi connectivity index (χ4v) is 4.09. The van der Waals surface area contributed by atoms with Crippen LogP contribution in [0.4, 0.5) is 22.7 Å². The highest BCUT2D eigenvalue weighted by atomic mass is 16.5. The lowest BCUT2D eigenvalue weighted by Crippen LogP contribution is -2.13. The summed E-state index contributed by atoms with van der Waals surface area (Å²) in [5.74, 6) is 0.493. The molecule has 1 unspecified atom stereocenters. The van der Waals surface area contributed by atoms with Gasteiger partial charge in [-0.3, -0.25) is 4.79 Å². The molecule has 1 amide bonds. The Balaban J connectivity index is 1.41. The molecule has 4 aromatic rings. The number of aromatic nitrogens is 2. The Bertz CT molecular complexity index is 1460. The van der Waals surface area contributed by atoms with E-state index >= 15 is 0 Å². The number of pyridine rings is 2. The van der Waals surface area contributed by atoms with Crippen molar-refractivity contribution in [1.29, 1.82) is 0 Å². The summed E-state index contributed by atoms with van der Waals surface area (Å²) in [5, 5.41) is 12.7. The molecule has 10 heteroatoms. The van der Waals surface area contributed by atoms with Crippen molar-refractivity contribution >= 4 is 28.7 Å². The quantitative estimate of drug-likeness (QED) is 0.301. The first kappa shape index (κ1) is 22.8. The standard InChI is InChI=1S/C26H22N6O4/c1-35-25-17(5-3-11-27-25)15-7-9-19(32-34)18(13-15)23-29-20-10-8-16(14-22(20)30-23)24(33)31-21-6-4-12-28-26(21)36-2/h3-14,23,29-30H,1-2H3,(H,31,33). The zero-order chi connectivity index (χ0) is 25.1. The molecule has 1 atom stereocenters. The molecule has 0 radical (unpaired) electrons. The Morgan fingerprint density at radius 1 is 0.917 bits per heavy atom. The minimum absolute atomic E-state index is 0.293. The SMILES string of the molecule is COc1ncccc1NC(=O)c1ccc2c(c1)NC(c1cc(-c3cccnc3OC)ccc1N=O)N2. The van der Waals surface area contributed by atoms with Gasteiger partial charge in [-0.25, -0.2) is 9.97 Å². The van der Waals surface area contributed by atoms with E-state index in [1.165, 1.54) is 7.11 Å². The summed E-state index contributed by atoms with van der Waals surface area (Å²) in [6.07, 6.45) is 2.80. The molecule has 0 bridgehead atoms. The van der Waals surface area contributed by atoms with E-state index in [0.29, 0.717) is 39.9 Å². The summed E-state index contributed by atoms with van der Waals surface area (Å²) in [4.78, 5) is 32.8. The fraction of sp³-hybridized carbons (Fsp3) is 0.115. The van der Waals surface area contributed by atoms with Gasteiger partial charge in [0.1, 0.15) is 17.5 Å². The molecular weight excluding hydrogens is 460 g/mol. The van der Waals surface area contributed by atoms with Crippen LogP contribution in [0.1, 0.15) is 22.1 Å². The zero-order valence-corrected chi connectivity index (χ0v) is 19.5. The minimum Gasteiger partial charge on any atom is -0.481 e. The first-order chi connectivity index (χ1) is 17.6. The maximum atomic E-state index is 12.9. The van der Waals surface area contributed by atoms with Gasteiger partial charge in [0.25, 0.3) is 5.91 Å². The smallest absolute Gasteiger partial charge is 0.255 e. The number of hydrogen-bond acceptors (Lipinski definition) is 9. The third-order valence-corrected chi connectivity index (χ3v) is 5.81. The highest BCUT2D eigenvalue weighted by molar-refractivity contribution is 6.06. The van der Waals surface area contributed by atoms with Crippen LogP contribution in [0.15, 0.2) is 78.2 Å². The Labute approximate surface area is 206 Å². The maximum Gasteiger partial charge on any atom is 0.255 e. The van der Waals surface area contributed by atoms with E-state index < -0.39 is 6.17 Å². The van der Waals surface area contributed by atoms with E-state index in [4.69, 9.17) is 9.47 Å². The van der Waals surface area contributed by atoms with E-state index in [0.717, 1.165) is 16.8 Å². The average molecular weight is 483 g/mol. The number of carbonyl (C=O) groups is 1. The number of carbonyl (C=O) groups excluding carboxylic acids is 1. The first-order valence-corrected chi connectivity index (χ1v) is 11.1. The number of methoxy groups -OCH3 is 2. The maximum absolute atomic E-state index is 12.9. The van der Waals surface area contributed by atoms with Gasteiger partial charge in [-0.1, -0.05) is 6.07 Å². The molecule has 180 valence electrons. The molecule has 3 N–H and O–H groups in total. The number of nitrogens with one attached hydrogen (secondary N) is 3. The number of hydrogen-bond donors (Lipinski definition) is 3. The van der Waals surface area contributed by atoms with Crippen LogP contribution in [-0.2, 0) is 0 Å². The van der Waals surface area contributed by atoms with Gasteiger partial charge in [0, 0.05) is 29.1 Å². The van der Waals surface area contributed by atoms with Crippen molar-refractivity contribution in [2.75, 3.05) is 30.2 Å². The van der Waals surface area contributed by atoms with Crippen molar-refractivity contribution in [3.63, 3.8) is 0 Å². The summed E-state index contributed by atoms with van der Waals surface area (Å²) in [5.41, 5.74) is 4.97. The average Bonchev–Trinajstić information content (AvgIpc) is 3.36. The van der Waals surface area contributed by atoms with Crippen molar-refractivity contribution in [1.82, 2.24) is 9.97 Å². The van der Waals surface area contributed by atoms with Gasteiger partial charge in [0.05, 0.1) is 25.6 Å². The largest absolute Gasteiger partial charge is 0.481 e. The van der Waals surface area contributed by atoms with Crippen LogP contribution in [0.25, 0.3) is 11.1 Å². The van der Waals surface area contributed by atoms with Crippen LogP contribution in [0, 0.1) is 4.91 Å². The van der Waals surface area contributed by atoms with E-state index in [-0.39, 0.29) is 5.91 Å². The predicted molar refractivity (Wildman–Crippen MR) is 137 cm³/mol. The lowest BCUT2D eigenvalue weighted by Gasteiger charge is -2.16. The Morgan fingerprint density at radius 3 is 2.44 bits per heavy atom. The first-order valence-electron chi connectivity index (χ1n) is 11.1. The van der Waals surface area contributed by atoms with Gasteiger partial charge in [-0.05, 0) is 65.3 Å². The third-order valence-electron chi connectivity index (χ3n) is 5.81. The minimum atomic E-state index is -0.438. The number of amides is 1. The van der Waals surface area contributed by atoms with E-state index in [2.05, 4.69) is 31.1 Å². The molecule has 0 spiro atoms. The fourth-order valence-electron chi connectivity index (χ4n) is 4.09. The number of nitroso groups, excluding NO2 is 1. The molecule has 1 aliphatic heterocycles. The number of nitrogens with zero attached hydrogens (tertiary/aromatic N) is 3. The van der Waals surface area contributed by atoms with Crippen molar-refractivity contribution in [3.8, 4) is 22.9 Å². The summed E-state index contributed by atoms with van der Waals surface area (Å²) >= 11 is 0. The molecule has 5 rings (SSSR count). The second kappa shape index (κ2) is 9.71. The topological polar surface area (TPSA) is 127 Å². The van der Waals surface area contributed by atoms with E-state index in [1.807, 2.05) is 18.2 Å². The highest BCUT2D eigenvalue weighted by Crippen LogP contribution is 2.41. The summed E-state index contributed by atoms with van der Waals surface area (Å²) in [6.45, 7) is 0. The molecule has 0 aliphatic carbocycles. The number of anilines is 3. The molecule has 3 heterocycles. The summed E-state index contributed by atoms with van der Waals surface area (Å²) in [6, 6.07) is 17.7. The van der Waals surface area contributed by atoms with Gasteiger partial charge in [-0.2, -0.15) is 0 Å². The number of rotatable bonds is 7. The highest BCUT2D eigenvalue weighted by Gasteiger charge is 2.26. The van der Waals surface area contributed by atoms with Crippen LogP contribution in [0.3, 0.4) is 0 Å². The monoisotopic (exact) mass is 482 g/mol. The van der Waals surface area contributed by atoms with Crippen molar-refractivity contribution in [2.24, 2.45) is 5.18 Å². The zero-order valence-electron chi connectivity index (χ0n) is 19.5. The number of fused-ring (bicyclic) bond motifs is 1. The van der Waals surface area contributed by atoms with Gasteiger partial charge in [0.15, 0.2) is 0 Å². The molecule has 2 aromatic carbocycles. The second-order valence-electron chi connectivity index (χ2n) is 7.92. The molecule has 36 heavy (non-hydrogen) atoms. The van der Waals surface area contributed by atoms with Gasteiger partial charge >= 0.3 is 0 Å². The van der Waals surface area contributed by atoms with Crippen LogP contribution in [0.2, 0.25) is 0 Å². The van der Waals surface area contributed by atoms with Crippen molar-refractivity contribution < 1.29 is 14.3 Å². The Hall–Kier alpha value is -4.99. The normalized spacial score (nSPS) is 13.7. The van der Waals surface area contributed by atoms with Gasteiger partial charge in [0.2, 0.25) is 11.8 Å². The molecule has 0 saturated heterocycles. The summed E-state index contributed by atoms with van der Waals surface area (Å²) in [7, 11) is 3.05. The van der Waals surface area contributed by atoms with E-state index in [1.54, 1.807) is 62.0 Å². The molecular formula is C26H22N6O4. The Kier molecular flexibility index (Phi) is 6.14. The molecule has 10 nitrogen and oxygen atoms in total. The molecule has 0 saturated carbocycles. The predicted octanol–water partition coefficient (Wildman–Crippen LogP) is 5.35. The van der Waals surface area contributed by atoms with Crippen LogP contribution < -0.4 is 25.4 Å². The third kappa shape index (κ3) is 4.27. The van der Waals surface area contributed by atoms with Crippen LogP contribution >= 0.6 is 0 Å². The van der Waals surface area contributed by atoms with Crippen molar-refractivity contribution in [3.05, 3.63) is 89.1 Å². The molecule has 1 aliphatic rings. The molecule has 2 aromatic heterocycles. The second-order valence-corrected chi connectivity index (χ2v) is 7.92. The summed E-state index contributed by atoms with van der Waals surface area (Å²) < 4.78 is 10.6. The van der Waals surface area contributed by atoms with Crippen LogP contribution in [-0.4, -0.2) is 30.1 Å². The molecule has 0 fully saturated rings. The number of benzene rings is 2. The van der Waals surface area contributed by atoms with Gasteiger partial charge < -0.3 is 25.4 Å².